The lowest BCUT2D eigenvalue weighted by molar-refractivity contribution is -0.139. The lowest BCUT2D eigenvalue weighted by Crippen LogP contribution is -2.37. The molecule has 0 bridgehead atoms. The fourth-order valence-corrected chi connectivity index (χ4v) is 2.87. The lowest BCUT2D eigenvalue weighted by atomic mass is 10.2. The van der Waals surface area contributed by atoms with E-state index in [0.29, 0.717) is 22.0 Å². The number of benzene rings is 1. The molecule has 3 rings (SSSR count). The number of hydrogen-bond donors (Lipinski definition) is 2. The molecule has 2 amide bonds. The van der Waals surface area contributed by atoms with Gasteiger partial charge in [-0.2, -0.15) is 5.10 Å². The van der Waals surface area contributed by atoms with Gasteiger partial charge in [0.15, 0.2) is 11.5 Å². The van der Waals surface area contributed by atoms with E-state index in [4.69, 9.17) is 13.9 Å². The summed E-state index contributed by atoms with van der Waals surface area (Å²) in [4.78, 5) is 36.0. The van der Waals surface area contributed by atoms with Gasteiger partial charge in [0.25, 0.3) is 0 Å². The van der Waals surface area contributed by atoms with Crippen LogP contribution in [0.3, 0.4) is 0 Å². The third-order valence-corrected chi connectivity index (χ3v) is 4.55. The minimum Gasteiger partial charge on any atom is -0.493 e. The zero-order valence-corrected chi connectivity index (χ0v) is 16.6. The Morgan fingerprint density at radius 3 is 2.70 bits per heavy atom. The van der Waals surface area contributed by atoms with Gasteiger partial charge in [0.2, 0.25) is 0 Å². The topological polar surface area (TPSA) is 119 Å². The summed E-state index contributed by atoms with van der Waals surface area (Å²) >= 11 is 1.27. The summed E-state index contributed by atoms with van der Waals surface area (Å²) in [5.41, 5.74) is 2.68. The fourth-order valence-electron chi connectivity index (χ4n) is 2.27. The summed E-state index contributed by atoms with van der Waals surface area (Å²) in [5.74, 6) is -1.19. The molecule has 0 saturated carbocycles. The van der Waals surface area contributed by atoms with E-state index in [1.807, 2.05) is 0 Å². The molecule has 1 aromatic carbocycles. The molecule has 154 valence electrons. The van der Waals surface area contributed by atoms with Crippen molar-refractivity contribution >= 4 is 35.3 Å². The molecule has 0 saturated heterocycles. The largest absolute Gasteiger partial charge is 0.493 e. The van der Waals surface area contributed by atoms with Gasteiger partial charge in [-0.05, 0) is 47.3 Å². The van der Waals surface area contributed by atoms with Crippen LogP contribution in [0.15, 0.2) is 63.6 Å². The molecule has 0 fully saturated rings. The molecule has 0 unspecified atom stereocenters. The SMILES string of the molecule is COc1cc(/C=N/NC(=O)C(=O)NCc2ccco2)ccc1OC(=O)c1cccs1. The van der Waals surface area contributed by atoms with Gasteiger partial charge in [-0.15, -0.1) is 11.3 Å². The first-order valence-electron chi connectivity index (χ1n) is 8.64. The minimum atomic E-state index is -0.925. The van der Waals surface area contributed by atoms with E-state index < -0.39 is 17.8 Å². The molecule has 2 heterocycles. The van der Waals surface area contributed by atoms with Crippen molar-refractivity contribution in [2.45, 2.75) is 6.54 Å². The van der Waals surface area contributed by atoms with E-state index in [9.17, 15) is 14.4 Å². The number of carbonyl (C=O) groups excluding carboxylic acids is 3. The van der Waals surface area contributed by atoms with Gasteiger partial charge in [-0.25, -0.2) is 10.2 Å². The van der Waals surface area contributed by atoms with Crippen LogP contribution >= 0.6 is 11.3 Å². The molecule has 9 nitrogen and oxygen atoms in total. The summed E-state index contributed by atoms with van der Waals surface area (Å²) in [6.45, 7) is 0.0891. The van der Waals surface area contributed by atoms with Crippen molar-refractivity contribution in [3.05, 3.63) is 70.3 Å². The van der Waals surface area contributed by atoms with Gasteiger partial charge < -0.3 is 19.2 Å². The van der Waals surface area contributed by atoms with Crippen LogP contribution in [0.4, 0.5) is 0 Å². The van der Waals surface area contributed by atoms with Crippen molar-refractivity contribution in [2.75, 3.05) is 7.11 Å². The first kappa shape index (κ1) is 20.8. The Hall–Kier alpha value is -3.92. The monoisotopic (exact) mass is 427 g/mol. The predicted molar refractivity (Wildman–Crippen MR) is 109 cm³/mol. The van der Waals surface area contributed by atoms with Crippen molar-refractivity contribution in [2.24, 2.45) is 5.10 Å². The Morgan fingerprint density at radius 1 is 1.13 bits per heavy atom. The molecular weight excluding hydrogens is 410 g/mol. The maximum Gasteiger partial charge on any atom is 0.353 e. The second kappa shape index (κ2) is 10.0. The average molecular weight is 427 g/mol. The number of nitrogens with one attached hydrogen (secondary N) is 2. The third-order valence-electron chi connectivity index (χ3n) is 3.70. The average Bonchev–Trinajstić information content (AvgIpc) is 3.47. The van der Waals surface area contributed by atoms with Crippen LogP contribution in [-0.4, -0.2) is 31.1 Å². The first-order valence-corrected chi connectivity index (χ1v) is 9.52. The molecular formula is C20H17N3O6S. The summed E-state index contributed by atoms with van der Waals surface area (Å²) in [6, 6.07) is 11.5. The summed E-state index contributed by atoms with van der Waals surface area (Å²) in [7, 11) is 1.43. The quantitative estimate of drug-likeness (QED) is 0.196. The van der Waals surface area contributed by atoms with E-state index in [0.717, 1.165) is 0 Å². The number of furan rings is 1. The van der Waals surface area contributed by atoms with E-state index in [1.165, 1.54) is 30.9 Å². The number of carbonyl (C=O) groups is 3. The zero-order chi connectivity index (χ0) is 21.3. The van der Waals surface area contributed by atoms with Crippen LogP contribution in [-0.2, 0) is 16.1 Å². The molecule has 0 radical (unpaired) electrons. The lowest BCUT2D eigenvalue weighted by Gasteiger charge is -2.09. The zero-order valence-electron chi connectivity index (χ0n) is 15.8. The van der Waals surface area contributed by atoms with Crippen LogP contribution in [0.1, 0.15) is 21.0 Å². The Labute approximate surface area is 175 Å². The van der Waals surface area contributed by atoms with Crippen LogP contribution in [0, 0.1) is 0 Å². The highest BCUT2D eigenvalue weighted by atomic mass is 32.1. The fraction of sp³-hybridized carbons (Fsp3) is 0.100. The number of methoxy groups -OCH3 is 1. The van der Waals surface area contributed by atoms with Crippen molar-refractivity contribution in [3.63, 3.8) is 0 Å². The van der Waals surface area contributed by atoms with Gasteiger partial charge in [0, 0.05) is 0 Å². The first-order chi connectivity index (χ1) is 14.6. The standard InChI is InChI=1S/C20H17N3O6S/c1-27-16-10-13(6-7-15(16)29-20(26)17-5-3-9-30-17)11-22-23-19(25)18(24)21-12-14-4-2-8-28-14/h2-11H,12H2,1H3,(H,21,24)(H,23,25)/b22-11+. The smallest absolute Gasteiger partial charge is 0.353 e. The molecule has 10 heteroatoms. The Balaban J connectivity index is 1.55. The highest BCUT2D eigenvalue weighted by Crippen LogP contribution is 2.28. The van der Waals surface area contributed by atoms with Crippen LogP contribution < -0.4 is 20.2 Å². The van der Waals surface area contributed by atoms with Crippen molar-refractivity contribution in [1.29, 1.82) is 0 Å². The number of ether oxygens (including phenoxy) is 2. The van der Waals surface area contributed by atoms with Crippen molar-refractivity contribution in [1.82, 2.24) is 10.7 Å². The van der Waals surface area contributed by atoms with Gasteiger partial charge in [0.05, 0.1) is 26.1 Å². The molecule has 2 aromatic heterocycles. The van der Waals surface area contributed by atoms with Crippen LogP contribution in [0.5, 0.6) is 11.5 Å². The molecule has 0 aliphatic carbocycles. The second-order valence-electron chi connectivity index (χ2n) is 5.74. The number of nitrogens with zero attached hydrogens (tertiary/aromatic N) is 1. The normalized spacial score (nSPS) is 10.6. The van der Waals surface area contributed by atoms with E-state index in [2.05, 4.69) is 15.8 Å². The van der Waals surface area contributed by atoms with Gasteiger partial charge in [-0.1, -0.05) is 6.07 Å². The number of thiophene rings is 1. The third kappa shape index (κ3) is 5.55. The summed E-state index contributed by atoms with van der Waals surface area (Å²) in [6.07, 6.45) is 2.79. The Morgan fingerprint density at radius 2 is 2.00 bits per heavy atom. The number of hydrazone groups is 1. The highest BCUT2D eigenvalue weighted by molar-refractivity contribution is 7.12. The summed E-state index contributed by atoms with van der Waals surface area (Å²) in [5, 5.41) is 7.92. The molecule has 0 aliphatic heterocycles. The molecule has 0 atom stereocenters. The number of esters is 1. The van der Waals surface area contributed by atoms with Crippen molar-refractivity contribution < 1.29 is 28.3 Å². The number of amides is 2. The van der Waals surface area contributed by atoms with Gasteiger partial charge in [0.1, 0.15) is 10.6 Å². The molecule has 0 spiro atoms. The Bertz CT molecular complexity index is 1040. The molecule has 2 N–H and O–H groups in total. The maximum absolute atomic E-state index is 12.1. The summed E-state index contributed by atoms with van der Waals surface area (Å²) < 4.78 is 15.6. The van der Waals surface area contributed by atoms with Gasteiger partial charge in [-0.3, -0.25) is 9.59 Å². The Kier molecular flexibility index (Phi) is 6.95. The van der Waals surface area contributed by atoms with Crippen LogP contribution in [0.25, 0.3) is 0 Å². The van der Waals surface area contributed by atoms with Crippen molar-refractivity contribution in [3.8, 4) is 11.5 Å². The van der Waals surface area contributed by atoms with Crippen LogP contribution in [0.2, 0.25) is 0 Å². The minimum absolute atomic E-state index is 0.0891. The second-order valence-corrected chi connectivity index (χ2v) is 6.69. The maximum atomic E-state index is 12.1. The number of hydrogen-bond acceptors (Lipinski definition) is 8. The molecule has 0 aliphatic rings. The highest BCUT2D eigenvalue weighted by Gasteiger charge is 2.14. The van der Waals surface area contributed by atoms with E-state index in [1.54, 1.807) is 47.8 Å². The van der Waals surface area contributed by atoms with Gasteiger partial charge >= 0.3 is 17.8 Å². The van der Waals surface area contributed by atoms with E-state index in [-0.39, 0.29) is 12.3 Å². The molecule has 30 heavy (non-hydrogen) atoms. The van der Waals surface area contributed by atoms with E-state index >= 15 is 0 Å². The molecule has 3 aromatic rings. The number of rotatable bonds is 7. The predicted octanol–water partition coefficient (Wildman–Crippen LogP) is 2.34.